The highest BCUT2D eigenvalue weighted by molar-refractivity contribution is 14.0. The van der Waals surface area contributed by atoms with Crippen LogP contribution in [0.25, 0.3) is 10.9 Å². The van der Waals surface area contributed by atoms with Crippen molar-refractivity contribution < 1.29 is 4.74 Å². The SMILES string of the molecule is CN=C(NCCc1c[nH]c2cccc(C)c12)N(C)CC1CCOC1.I. The van der Waals surface area contributed by atoms with Gasteiger partial charge in [0.15, 0.2) is 5.96 Å². The van der Waals surface area contributed by atoms with Crippen LogP contribution >= 0.6 is 24.0 Å². The minimum absolute atomic E-state index is 0. The van der Waals surface area contributed by atoms with Crippen LogP contribution < -0.4 is 5.32 Å². The summed E-state index contributed by atoms with van der Waals surface area (Å²) >= 11 is 0. The van der Waals surface area contributed by atoms with E-state index in [-0.39, 0.29) is 24.0 Å². The second-order valence-corrected chi connectivity index (χ2v) is 6.65. The van der Waals surface area contributed by atoms with Crippen molar-refractivity contribution >= 4 is 40.8 Å². The molecule has 0 bridgehead atoms. The molecular weight excluding hydrogens is 427 g/mol. The zero-order valence-corrected chi connectivity index (χ0v) is 17.7. The van der Waals surface area contributed by atoms with Gasteiger partial charge in [0.1, 0.15) is 0 Å². The number of rotatable bonds is 5. The Labute approximate surface area is 167 Å². The number of aliphatic imine (C=N–C) groups is 1. The molecule has 1 saturated heterocycles. The topological polar surface area (TPSA) is 52.7 Å². The summed E-state index contributed by atoms with van der Waals surface area (Å²) in [6.45, 7) is 5.80. The van der Waals surface area contributed by atoms with E-state index in [4.69, 9.17) is 4.74 Å². The van der Waals surface area contributed by atoms with Crippen LogP contribution in [0.5, 0.6) is 0 Å². The molecule has 2 aromatic rings. The summed E-state index contributed by atoms with van der Waals surface area (Å²) in [7, 11) is 3.95. The number of nitrogens with one attached hydrogen (secondary N) is 2. The highest BCUT2D eigenvalue weighted by Gasteiger charge is 2.19. The van der Waals surface area contributed by atoms with Gasteiger partial charge in [-0.3, -0.25) is 4.99 Å². The molecule has 2 heterocycles. The van der Waals surface area contributed by atoms with E-state index < -0.39 is 0 Å². The molecule has 1 aromatic carbocycles. The molecular formula is C19H29IN4O. The molecule has 5 nitrogen and oxygen atoms in total. The normalized spacial score (nSPS) is 17.6. The van der Waals surface area contributed by atoms with Gasteiger partial charge in [-0.1, -0.05) is 12.1 Å². The van der Waals surface area contributed by atoms with E-state index in [1.54, 1.807) is 0 Å². The molecule has 0 radical (unpaired) electrons. The van der Waals surface area contributed by atoms with Crippen LogP contribution in [0, 0.1) is 12.8 Å². The van der Waals surface area contributed by atoms with Crippen molar-refractivity contribution in [3.8, 4) is 0 Å². The zero-order valence-electron chi connectivity index (χ0n) is 15.3. The van der Waals surface area contributed by atoms with Gasteiger partial charge in [0.05, 0.1) is 6.61 Å². The molecule has 1 atom stereocenters. The molecule has 0 spiro atoms. The van der Waals surface area contributed by atoms with Gasteiger partial charge in [-0.25, -0.2) is 0 Å². The number of aromatic nitrogens is 1. The van der Waals surface area contributed by atoms with Gasteiger partial charge in [-0.05, 0) is 37.0 Å². The Bertz CT molecular complexity index is 707. The number of guanidine groups is 1. The standard InChI is InChI=1S/C19H28N4O.HI/c1-14-5-4-6-17-18(14)16(11-22-17)7-9-21-19(20-2)23(3)12-15-8-10-24-13-15;/h4-6,11,15,22H,7-10,12-13H2,1-3H3,(H,20,21);1H. The lowest BCUT2D eigenvalue weighted by Gasteiger charge is -2.24. The first-order chi connectivity index (χ1) is 11.7. The monoisotopic (exact) mass is 456 g/mol. The van der Waals surface area contributed by atoms with Gasteiger partial charge in [0.2, 0.25) is 0 Å². The van der Waals surface area contributed by atoms with Crippen LogP contribution in [-0.4, -0.2) is 56.2 Å². The van der Waals surface area contributed by atoms with Crippen LogP contribution in [0.4, 0.5) is 0 Å². The van der Waals surface area contributed by atoms with E-state index in [1.807, 2.05) is 7.05 Å². The van der Waals surface area contributed by atoms with E-state index in [0.717, 1.165) is 45.1 Å². The number of ether oxygens (including phenoxy) is 1. The van der Waals surface area contributed by atoms with E-state index in [2.05, 4.69) is 58.6 Å². The number of H-pyrrole nitrogens is 1. The van der Waals surface area contributed by atoms with Crippen molar-refractivity contribution in [1.29, 1.82) is 0 Å². The molecule has 25 heavy (non-hydrogen) atoms. The van der Waals surface area contributed by atoms with Crippen molar-refractivity contribution in [3.05, 3.63) is 35.5 Å². The summed E-state index contributed by atoms with van der Waals surface area (Å²) in [5, 5.41) is 4.84. The molecule has 6 heteroatoms. The van der Waals surface area contributed by atoms with Gasteiger partial charge in [0, 0.05) is 56.8 Å². The quantitative estimate of drug-likeness (QED) is 0.413. The lowest BCUT2D eigenvalue weighted by atomic mass is 10.1. The Kier molecular flexibility index (Phi) is 7.56. The molecule has 3 rings (SSSR count). The summed E-state index contributed by atoms with van der Waals surface area (Å²) < 4.78 is 5.46. The van der Waals surface area contributed by atoms with Crippen LogP contribution in [0.1, 0.15) is 17.5 Å². The number of nitrogens with zero attached hydrogens (tertiary/aromatic N) is 2. The Morgan fingerprint density at radius 3 is 3.00 bits per heavy atom. The van der Waals surface area contributed by atoms with Gasteiger partial charge < -0.3 is 19.9 Å². The minimum atomic E-state index is 0. The molecule has 1 unspecified atom stereocenters. The molecule has 0 saturated carbocycles. The smallest absolute Gasteiger partial charge is 0.193 e. The first-order valence-electron chi connectivity index (χ1n) is 8.74. The molecule has 1 aromatic heterocycles. The number of hydrogen-bond donors (Lipinski definition) is 2. The maximum atomic E-state index is 5.46. The van der Waals surface area contributed by atoms with Crippen molar-refractivity contribution in [2.45, 2.75) is 19.8 Å². The Morgan fingerprint density at radius 2 is 2.28 bits per heavy atom. The molecule has 0 amide bonds. The highest BCUT2D eigenvalue weighted by atomic mass is 127. The Morgan fingerprint density at radius 1 is 1.44 bits per heavy atom. The first-order valence-corrected chi connectivity index (χ1v) is 8.74. The summed E-state index contributed by atoms with van der Waals surface area (Å²) in [6.07, 6.45) is 4.25. The van der Waals surface area contributed by atoms with Gasteiger partial charge in [0.25, 0.3) is 0 Å². The van der Waals surface area contributed by atoms with Crippen molar-refractivity contribution in [3.63, 3.8) is 0 Å². The molecule has 1 fully saturated rings. The fourth-order valence-electron chi connectivity index (χ4n) is 3.54. The molecule has 2 N–H and O–H groups in total. The summed E-state index contributed by atoms with van der Waals surface area (Å²) in [6, 6.07) is 6.40. The predicted octanol–water partition coefficient (Wildman–Crippen LogP) is 3.18. The third-order valence-corrected chi connectivity index (χ3v) is 4.80. The summed E-state index contributed by atoms with van der Waals surface area (Å²) in [5.41, 5.74) is 3.90. The molecule has 1 aliphatic rings. The third-order valence-electron chi connectivity index (χ3n) is 4.80. The molecule has 1 aliphatic heterocycles. The van der Waals surface area contributed by atoms with E-state index >= 15 is 0 Å². The van der Waals surface area contributed by atoms with Gasteiger partial charge in [-0.2, -0.15) is 0 Å². The lowest BCUT2D eigenvalue weighted by molar-refractivity contribution is 0.181. The number of hydrogen-bond acceptors (Lipinski definition) is 2. The van der Waals surface area contributed by atoms with Gasteiger partial charge in [-0.15, -0.1) is 24.0 Å². The first kappa shape index (κ1) is 20.0. The zero-order chi connectivity index (χ0) is 16.9. The highest BCUT2D eigenvalue weighted by Crippen LogP contribution is 2.22. The van der Waals surface area contributed by atoms with Gasteiger partial charge >= 0.3 is 0 Å². The number of halogens is 1. The Hall–Kier alpha value is -1.28. The van der Waals surface area contributed by atoms with E-state index in [9.17, 15) is 0 Å². The van der Waals surface area contributed by atoms with E-state index in [0.29, 0.717) is 5.92 Å². The number of fused-ring (bicyclic) bond motifs is 1. The molecule has 0 aliphatic carbocycles. The van der Waals surface area contributed by atoms with Crippen molar-refractivity contribution in [2.24, 2.45) is 10.9 Å². The molecule has 138 valence electrons. The Balaban J connectivity index is 0.00000225. The largest absolute Gasteiger partial charge is 0.381 e. The van der Waals surface area contributed by atoms with Crippen LogP contribution in [-0.2, 0) is 11.2 Å². The number of benzene rings is 1. The fourth-order valence-corrected chi connectivity index (χ4v) is 3.54. The van der Waals surface area contributed by atoms with Crippen LogP contribution in [0.2, 0.25) is 0 Å². The van der Waals surface area contributed by atoms with E-state index in [1.165, 1.54) is 22.0 Å². The maximum Gasteiger partial charge on any atom is 0.193 e. The third kappa shape index (κ3) is 4.88. The predicted molar refractivity (Wildman–Crippen MR) is 115 cm³/mol. The average molecular weight is 456 g/mol. The van der Waals surface area contributed by atoms with Crippen molar-refractivity contribution in [2.75, 3.05) is 40.4 Å². The number of aryl methyl sites for hydroxylation is 1. The maximum absolute atomic E-state index is 5.46. The van der Waals surface area contributed by atoms with Crippen molar-refractivity contribution in [1.82, 2.24) is 15.2 Å². The number of aromatic amines is 1. The van der Waals surface area contributed by atoms with Crippen LogP contribution in [0.3, 0.4) is 0 Å². The second-order valence-electron chi connectivity index (χ2n) is 6.65. The average Bonchev–Trinajstić information content (AvgIpc) is 3.22. The van der Waals surface area contributed by atoms with Crippen LogP contribution in [0.15, 0.2) is 29.4 Å². The summed E-state index contributed by atoms with van der Waals surface area (Å²) in [5.74, 6) is 1.57. The summed E-state index contributed by atoms with van der Waals surface area (Å²) in [4.78, 5) is 9.99. The second kappa shape index (κ2) is 9.43. The minimum Gasteiger partial charge on any atom is -0.381 e. The fraction of sp³-hybridized carbons (Fsp3) is 0.526. The lowest BCUT2D eigenvalue weighted by Crippen LogP contribution is -2.42.